The fourth-order valence-corrected chi connectivity index (χ4v) is 8.01. The van der Waals surface area contributed by atoms with Crippen molar-refractivity contribution in [2.45, 2.75) is 78.6 Å². The third-order valence-corrected chi connectivity index (χ3v) is 10.6. The van der Waals surface area contributed by atoms with Crippen LogP contribution < -0.4 is 10.2 Å². The zero-order chi connectivity index (χ0) is 26.8. The largest absolute Gasteiger partial charge is 0.479 e. The minimum Gasteiger partial charge on any atom is -0.479 e. The summed E-state index contributed by atoms with van der Waals surface area (Å²) in [6, 6.07) is 2.87. The number of ketones is 1. The van der Waals surface area contributed by atoms with Crippen LogP contribution >= 0.6 is 0 Å². The highest BCUT2D eigenvalue weighted by molar-refractivity contribution is 6.48. The molecule has 7 nitrogen and oxygen atoms in total. The molecular formula is C29H39BFO7. The van der Waals surface area contributed by atoms with Crippen LogP contribution in [0.3, 0.4) is 0 Å². The molecule has 1 aliphatic heterocycles. The van der Waals surface area contributed by atoms with Gasteiger partial charge in [0.2, 0.25) is 0 Å². The Morgan fingerprint density at radius 2 is 2.05 bits per heavy atom. The molecule has 3 N–H and O–H groups in total. The van der Waals surface area contributed by atoms with Gasteiger partial charge in [0.1, 0.15) is 11.9 Å². The molecule has 0 aromatic heterocycles. The molecule has 0 unspecified atom stereocenters. The predicted octanol–water partition coefficient (Wildman–Crippen LogP) is 3.06. The van der Waals surface area contributed by atoms with Gasteiger partial charge in [-0.1, -0.05) is 33.8 Å². The summed E-state index contributed by atoms with van der Waals surface area (Å²) in [7, 11) is 1.53. The molecule has 1 aromatic carbocycles. The van der Waals surface area contributed by atoms with Crippen LogP contribution in [0.15, 0.2) is 24.8 Å². The summed E-state index contributed by atoms with van der Waals surface area (Å²) in [5.41, 5.74) is -0.215. The van der Waals surface area contributed by atoms with Crippen LogP contribution in [0.4, 0.5) is 4.39 Å². The summed E-state index contributed by atoms with van der Waals surface area (Å²) in [5, 5.41) is 11.6. The fraction of sp³-hybridized carbons (Fsp3) is 0.655. The Morgan fingerprint density at radius 1 is 1.32 bits per heavy atom. The van der Waals surface area contributed by atoms with Gasteiger partial charge in [-0.15, -0.1) is 6.58 Å². The van der Waals surface area contributed by atoms with Crippen molar-refractivity contribution in [2.75, 3.05) is 6.61 Å². The lowest BCUT2D eigenvalue weighted by Crippen LogP contribution is -2.63. The molecule has 0 spiro atoms. The molecule has 207 valence electrons. The molecule has 0 amide bonds. The van der Waals surface area contributed by atoms with Gasteiger partial charge in [0, 0.05) is 23.2 Å². The average molecular weight is 529 g/mol. The number of esters is 1. The number of halogens is 1. The van der Waals surface area contributed by atoms with Crippen molar-refractivity contribution in [3.05, 3.63) is 36.2 Å². The van der Waals surface area contributed by atoms with Crippen LogP contribution in [-0.2, 0) is 25.6 Å². The van der Waals surface area contributed by atoms with Gasteiger partial charge in [0.15, 0.2) is 18.2 Å². The van der Waals surface area contributed by atoms with Gasteiger partial charge in [-0.05, 0) is 66.1 Å². The molecule has 4 aliphatic rings. The highest BCUT2D eigenvalue weighted by atomic mass is 19.1. The summed E-state index contributed by atoms with van der Waals surface area (Å²) in [5.74, 6) is -1.30. The molecular weight excluding hydrogens is 490 g/mol. The minimum atomic E-state index is -0.729. The van der Waals surface area contributed by atoms with E-state index in [1.165, 1.54) is 19.6 Å². The van der Waals surface area contributed by atoms with Crippen molar-refractivity contribution >= 4 is 24.7 Å². The average Bonchev–Trinajstić information content (AvgIpc) is 3.47. The summed E-state index contributed by atoms with van der Waals surface area (Å²) in [6.07, 6.45) is 3.73. The minimum absolute atomic E-state index is 0. The van der Waals surface area contributed by atoms with Gasteiger partial charge >= 0.3 is 13.5 Å². The van der Waals surface area contributed by atoms with Gasteiger partial charge in [-0.25, -0.2) is 9.18 Å². The number of benzene rings is 1. The van der Waals surface area contributed by atoms with E-state index in [0.29, 0.717) is 24.9 Å². The third kappa shape index (κ3) is 4.22. The molecule has 3 aliphatic carbocycles. The van der Waals surface area contributed by atoms with Crippen LogP contribution in [0, 0.1) is 39.8 Å². The first-order chi connectivity index (χ1) is 17.5. The first-order valence-corrected chi connectivity index (χ1v) is 13.4. The first-order valence-electron chi connectivity index (χ1n) is 13.4. The van der Waals surface area contributed by atoms with Crippen LogP contribution in [0.25, 0.3) is 0 Å². The van der Waals surface area contributed by atoms with E-state index in [2.05, 4.69) is 27.4 Å². The number of ether oxygens (including phenoxy) is 2. The third-order valence-electron chi connectivity index (χ3n) is 10.6. The van der Waals surface area contributed by atoms with E-state index in [4.69, 9.17) is 14.1 Å². The number of aliphatic hydroxyl groups excluding tert-OH is 1. The number of hydrogen-bond donors (Lipinski definition) is 1. The standard InChI is InChI=1S/C29H37BFO6.H2O/c1-6-27(4)13-23(37-24(33)15-35-22-12-19-18(11-20(22)31)14-36-30-19)28(5)16(2)7-9-29(17(3)26(27)34)10-8-21(32)25(28)29;/h6,11-12,16-17,23,25-26,34H,1,7-10,13-15H2,2-5H3;1H2/t16-,17+,23-,25+,26+,27-,28+,29+;/m1./s1. The van der Waals surface area contributed by atoms with E-state index in [1.54, 1.807) is 6.08 Å². The maximum absolute atomic E-state index is 14.5. The number of rotatable bonds is 5. The highest BCUT2D eigenvalue weighted by Gasteiger charge is 2.68. The van der Waals surface area contributed by atoms with Crippen LogP contribution in [-0.4, -0.2) is 48.6 Å². The lowest BCUT2D eigenvalue weighted by Gasteiger charge is -2.61. The molecule has 1 radical (unpaired) electrons. The van der Waals surface area contributed by atoms with Crippen molar-refractivity contribution < 1.29 is 38.7 Å². The Hall–Kier alpha value is -2.23. The molecule has 2 bridgehead atoms. The number of carbonyl (C=O) groups is 2. The van der Waals surface area contributed by atoms with Crippen molar-refractivity contribution in [1.29, 1.82) is 0 Å². The molecule has 38 heavy (non-hydrogen) atoms. The van der Waals surface area contributed by atoms with Crippen LogP contribution in [0.2, 0.25) is 0 Å². The van der Waals surface area contributed by atoms with Gasteiger partial charge in [-0.3, -0.25) is 4.79 Å². The molecule has 8 atom stereocenters. The van der Waals surface area contributed by atoms with E-state index in [0.717, 1.165) is 24.8 Å². The summed E-state index contributed by atoms with van der Waals surface area (Å²) in [6.45, 7) is 12.1. The van der Waals surface area contributed by atoms with E-state index >= 15 is 0 Å². The Kier molecular flexibility index (Phi) is 7.62. The van der Waals surface area contributed by atoms with Gasteiger partial charge in [0.05, 0.1) is 12.7 Å². The zero-order valence-corrected chi connectivity index (χ0v) is 22.7. The first kappa shape index (κ1) is 28.8. The molecule has 0 saturated heterocycles. The molecule has 1 heterocycles. The SMILES string of the molecule is C=C[C@]1(C)C[C@@H](OC(=O)COc2cc3c(cc2F)CO[B]3)[C@]2(C)[C@H](C)CC[C@]3(CCC(=O)[C@H]32)[C@@H](C)[C@@H]1O.O. The van der Waals surface area contributed by atoms with Crippen molar-refractivity contribution in [2.24, 2.45) is 34.0 Å². The molecule has 9 heteroatoms. The van der Waals surface area contributed by atoms with Crippen LogP contribution in [0.1, 0.15) is 65.4 Å². The number of hydrogen-bond acceptors (Lipinski definition) is 6. The second-order valence-corrected chi connectivity index (χ2v) is 12.3. The lowest BCUT2D eigenvalue weighted by molar-refractivity contribution is -0.207. The Morgan fingerprint density at radius 3 is 2.76 bits per heavy atom. The van der Waals surface area contributed by atoms with E-state index < -0.39 is 41.4 Å². The van der Waals surface area contributed by atoms with Crippen molar-refractivity contribution in [1.82, 2.24) is 0 Å². The molecule has 3 fully saturated rings. The Bertz CT molecular complexity index is 1130. The maximum Gasteiger partial charge on any atom is 0.344 e. The smallest absolute Gasteiger partial charge is 0.344 e. The number of aliphatic hydroxyl groups is 1. The second kappa shape index (κ2) is 10.1. The second-order valence-electron chi connectivity index (χ2n) is 12.3. The molecule has 5 rings (SSSR count). The molecule has 3 saturated carbocycles. The number of fused-ring (bicyclic) bond motifs is 1. The fourth-order valence-electron chi connectivity index (χ4n) is 8.01. The summed E-state index contributed by atoms with van der Waals surface area (Å²) >= 11 is 0. The maximum atomic E-state index is 14.5. The van der Waals surface area contributed by atoms with Gasteiger partial charge < -0.3 is 24.7 Å². The van der Waals surface area contributed by atoms with E-state index in [-0.39, 0.29) is 40.2 Å². The molecule has 1 aromatic rings. The van der Waals surface area contributed by atoms with Crippen molar-refractivity contribution in [3.63, 3.8) is 0 Å². The number of carbonyl (C=O) groups excluding carboxylic acids is 2. The number of Topliss-reactive ketones (excluding diaryl/α,β-unsaturated/α-hetero) is 1. The summed E-state index contributed by atoms with van der Waals surface area (Å²) < 4.78 is 31.4. The van der Waals surface area contributed by atoms with Crippen LogP contribution in [0.5, 0.6) is 5.75 Å². The summed E-state index contributed by atoms with van der Waals surface area (Å²) in [4.78, 5) is 26.6. The van der Waals surface area contributed by atoms with E-state index in [1.807, 2.05) is 6.92 Å². The quantitative estimate of drug-likeness (QED) is 0.357. The van der Waals surface area contributed by atoms with Crippen molar-refractivity contribution in [3.8, 4) is 5.75 Å². The topological polar surface area (TPSA) is 114 Å². The van der Waals surface area contributed by atoms with Gasteiger partial charge in [-0.2, -0.15) is 0 Å². The Balaban J connectivity index is 0.00000336. The normalized spacial score (nSPS) is 39.5. The predicted molar refractivity (Wildman–Crippen MR) is 140 cm³/mol. The zero-order valence-electron chi connectivity index (χ0n) is 22.7. The lowest BCUT2D eigenvalue weighted by atomic mass is 9.44. The van der Waals surface area contributed by atoms with Gasteiger partial charge in [0.25, 0.3) is 0 Å². The van der Waals surface area contributed by atoms with E-state index in [9.17, 15) is 19.1 Å². The monoisotopic (exact) mass is 529 g/mol. The highest BCUT2D eigenvalue weighted by Crippen LogP contribution is 2.68. The Labute approximate surface area is 224 Å².